The molecule has 2 bridgehead atoms. The third kappa shape index (κ3) is 3.12. The highest BCUT2D eigenvalue weighted by Crippen LogP contribution is 2.38. The number of fused-ring (bicyclic) bond motifs is 4. The smallest absolute Gasteiger partial charge is 0.180 e. The largest absolute Gasteiger partial charge is 0.490 e. The van der Waals surface area contributed by atoms with E-state index >= 15 is 0 Å². The van der Waals surface area contributed by atoms with Gasteiger partial charge in [0.15, 0.2) is 5.78 Å². The van der Waals surface area contributed by atoms with Gasteiger partial charge in [0.05, 0.1) is 24.3 Å². The van der Waals surface area contributed by atoms with Gasteiger partial charge >= 0.3 is 0 Å². The lowest BCUT2D eigenvalue weighted by Gasteiger charge is -2.46. The molecular formula is C23H26N2O3. The normalized spacial score (nSPS) is 28.5. The number of nitrogens with zero attached hydrogens (tertiary/aromatic N) is 2. The number of hydrogen-bond donors (Lipinski definition) is 1. The second-order valence-corrected chi connectivity index (χ2v) is 8.24. The monoisotopic (exact) mass is 378 g/mol. The Labute approximate surface area is 165 Å². The Bertz CT molecular complexity index is 935. The Balaban J connectivity index is 1.44. The van der Waals surface area contributed by atoms with Gasteiger partial charge in [-0.3, -0.25) is 14.7 Å². The maximum atomic E-state index is 13.5. The van der Waals surface area contributed by atoms with Gasteiger partial charge in [0.1, 0.15) is 5.75 Å². The number of ketones is 1. The van der Waals surface area contributed by atoms with Crippen LogP contribution in [-0.2, 0) is 0 Å². The molecule has 1 unspecified atom stereocenters. The molecule has 1 aliphatic carbocycles. The van der Waals surface area contributed by atoms with Crippen LogP contribution < -0.4 is 4.74 Å². The number of carbonyl (C=O) groups is 1. The Morgan fingerprint density at radius 1 is 1.29 bits per heavy atom. The molecule has 1 N–H and O–H groups in total. The van der Waals surface area contributed by atoms with E-state index in [0.717, 1.165) is 61.0 Å². The van der Waals surface area contributed by atoms with Gasteiger partial charge in [-0.1, -0.05) is 11.6 Å². The van der Waals surface area contributed by atoms with E-state index in [2.05, 4.69) is 9.88 Å². The average molecular weight is 378 g/mol. The molecule has 0 radical (unpaired) electrons. The van der Waals surface area contributed by atoms with Crippen molar-refractivity contribution in [2.24, 2.45) is 5.92 Å². The third-order valence-corrected chi connectivity index (χ3v) is 6.61. The van der Waals surface area contributed by atoms with Crippen molar-refractivity contribution < 1.29 is 14.6 Å². The van der Waals surface area contributed by atoms with Gasteiger partial charge in [-0.15, -0.1) is 0 Å². The summed E-state index contributed by atoms with van der Waals surface area (Å²) in [6.45, 7) is 1.82. The maximum absolute atomic E-state index is 13.5. The number of rotatable bonds is 5. The topological polar surface area (TPSA) is 62.7 Å². The Hall–Kier alpha value is -2.24. The Kier molecular flexibility index (Phi) is 4.65. The number of pyridine rings is 1. The van der Waals surface area contributed by atoms with Gasteiger partial charge in [0, 0.05) is 23.7 Å². The summed E-state index contributed by atoms with van der Waals surface area (Å²) in [5.74, 6) is 1.43. The number of aliphatic hydroxyl groups is 1. The van der Waals surface area contributed by atoms with Gasteiger partial charge in [-0.2, -0.15) is 0 Å². The molecule has 1 aromatic carbocycles. The summed E-state index contributed by atoms with van der Waals surface area (Å²) < 4.78 is 6.05. The van der Waals surface area contributed by atoms with Crippen LogP contribution in [0.15, 0.2) is 42.1 Å². The van der Waals surface area contributed by atoms with Crippen LogP contribution in [0.4, 0.5) is 0 Å². The van der Waals surface area contributed by atoms with Crippen molar-refractivity contribution in [3.8, 4) is 5.75 Å². The lowest BCUT2D eigenvalue weighted by molar-refractivity contribution is 0.0598. The van der Waals surface area contributed by atoms with Crippen molar-refractivity contribution in [1.29, 1.82) is 0 Å². The minimum absolute atomic E-state index is 0.0804. The van der Waals surface area contributed by atoms with Crippen LogP contribution in [0, 0.1) is 5.92 Å². The highest BCUT2D eigenvalue weighted by Gasteiger charge is 2.40. The van der Waals surface area contributed by atoms with Crippen molar-refractivity contribution in [3.63, 3.8) is 0 Å². The van der Waals surface area contributed by atoms with E-state index in [4.69, 9.17) is 4.74 Å². The molecule has 3 atom stereocenters. The lowest BCUT2D eigenvalue weighted by atomic mass is 9.77. The van der Waals surface area contributed by atoms with Gasteiger partial charge in [-0.25, -0.2) is 0 Å². The standard InChI is InChI=1S/C23H26N2O3/c26-11-8-16-14-25-10-7-15(16)12-22(25)23(27)19-6-9-24-21-5-4-18(13-20(19)21)28-17-2-1-3-17/h4-6,8-9,13,15,17,22,26H,1-3,7,10-12,14H2/b16-8+/t15-,22-/m0/s1. The van der Waals surface area contributed by atoms with E-state index in [1.165, 1.54) is 12.0 Å². The molecular weight excluding hydrogens is 352 g/mol. The summed E-state index contributed by atoms with van der Waals surface area (Å²) in [6.07, 6.45) is 9.33. The number of benzene rings is 1. The fraction of sp³-hybridized carbons (Fsp3) is 0.478. The molecule has 3 saturated heterocycles. The van der Waals surface area contributed by atoms with Crippen LogP contribution in [0.3, 0.4) is 0 Å². The van der Waals surface area contributed by atoms with Crippen molar-refractivity contribution in [3.05, 3.63) is 47.7 Å². The summed E-state index contributed by atoms with van der Waals surface area (Å²) in [5, 5.41) is 10.1. The second kappa shape index (κ2) is 7.30. The fourth-order valence-corrected chi connectivity index (χ4v) is 4.80. The molecule has 4 fully saturated rings. The van der Waals surface area contributed by atoms with Crippen LogP contribution >= 0.6 is 0 Å². The molecule has 1 saturated carbocycles. The molecule has 5 heteroatoms. The predicted octanol–water partition coefficient (Wildman–Crippen LogP) is 3.36. The van der Waals surface area contributed by atoms with Crippen LogP contribution in [0.25, 0.3) is 10.9 Å². The van der Waals surface area contributed by atoms with E-state index in [1.807, 2.05) is 30.3 Å². The first-order chi connectivity index (χ1) is 13.7. The molecule has 4 heterocycles. The van der Waals surface area contributed by atoms with Crippen LogP contribution in [0.1, 0.15) is 42.5 Å². The van der Waals surface area contributed by atoms with Crippen LogP contribution in [0.2, 0.25) is 0 Å². The van der Waals surface area contributed by atoms with Crippen molar-refractivity contribution in [2.45, 2.75) is 44.2 Å². The fourth-order valence-electron chi connectivity index (χ4n) is 4.80. The first-order valence-corrected chi connectivity index (χ1v) is 10.4. The minimum Gasteiger partial charge on any atom is -0.490 e. The second-order valence-electron chi connectivity index (χ2n) is 8.24. The Morgan fingerprint density at radius 3 is 2.89 bits per heavy atom. The van der Waals surface area contributed by atoms with Gasteiger partial charge in [0.25, 0.3) is 0 Å². The van der Waals surface area contributed by atoms with E-state index < -0.39 is 0 Å². The number of aromatic nitrogens is 1. The number of piperidine rings is 3. The van der Waals surface area contributed by atoms with Crippen LogP contribution in [-0.4, -0.2) is 52.6 Å². The quantitative estimate of drug-likeness (QED) is 0.638. The number of ether oxygens (including phenoxy) is 1. The first kappa shape index (κ1) is 17.8. The van der Waals surface area contributed by atoms with E-state index in [9.17, 15) is 9.90 Å². The van der Waals surface area contributed by atoms with Crippen molar-refractivity contribution in [1.82, 2.24) is 9.88 Å². The molecule has 0 spiro atoms. The zero-order valence-electron chi connectivity index (χ0n) is 16.0. The minimum atomic E-state index is -0.0867. The summed E-state index contributed by atoms with van der Waals surface area (Å²) in [6, 6.07) is 7.67. The van der Waals surface area contributed by atoms with Gasteiger partial charge in [-0.05, 0) is 68.8 Å². The van der Waals surface area contributed by atoms with Gasteiger partial charge < -0.3 is 9.84 Å². The number of Topliss-reactive ketones (excluding diaryl/α,β-unsaturated/α-hetero) is 1. The zero-order chi connectivity index (χ0) is 19.1. The zero-order valence-corrected chi connectivity index (χ0v) is 16.0. The van der Waals surface area contributed by atoms with Crippen LogP contribution in [0.5, 0.6) is 5.75 Å². The molecule has 1 aromatic heterocycles. The molecule has 3 aliphatic heterocycles. The molecule has 4 aliphatic rings. The number of aliphatic hydroxyl groups excluding tert-OH is 1. The lowest BCUT2D eigenvalue weighted by Crippen LogP contribution is -2.53. The first-order valence-electron chi connectivity index (χ1n) is 10.4. The molecule has 2 aromatic rings. The maximum Gasteiger partial charge on any atom is 0.180 e. The molecule has 146 valence electrons. The summed E-state index contributed by atoms with van der Waals surface area (Å²) in [5.41, 5.74) is 2.87. The molecule has 28 heavy (non-hydrogen) atoms. The van der Waals surface area contributed by atoms with Crippen molar-refractivity contribution >= 4 is 16.7 Å². The predicted molar refractivity (Wildman–Crippen MR) is 108 cm³/mol. The van der Waals surface area contributed by atoms with E-state index in [-0.39, 0.29) is 18.4 Å². The highest BCUT2D eigenvalue weighted by molar-refractivity contribution is 6.10. The summed E-state index contributed by atoms with van der Waals surface area (Å²) >= 11 is 0. The Morgan fingerprint density at radius 2 is 2.18 bits per heavy atom. The summed E-state index contributed by atoms with van der Waals surface area (Å²) in [7, 11) is 0. The highest BCUT2D eigenvalue weighted by atomic mass is 16.5. The molecule has 6 rings (SSSR count). The van der Waals surface area contributed by atoms with Crippen molar-refractivity contribution in [2.75, 3.05) is 19.7 Å². The SMILES string of the molecule is O=C(c1ccnc2ccc(OC3CCC3)cc12)[C@@H]1C[C@@H]2CCN1C/C2=C\CO. The third-order valence-electron chi connectivity index (χ3n) is 6.61. The average Bonchev–Trinajstić information content (AvgIpc) is 2.70. The van der Waals surface area contributed by atoms with Gasteiger partial charge in [0.2, 0.25) is 0 Å². The summed E-state index contributed by atoms with van der Waals surface area (Å²) in [4.78, 5) is 20.2. The number of hydrogen-bond acceptors (Lipinski definition) is 5. The number of carbonyl (C=O) groups excluding carboxylic acids is 1. The molecule has 5 nitrogen and oxygen atoms in total. The molecule has 0 amide bonds. The van der Waals surface area contributed by atoms with E-state index in [0.29, 0.717) is 12.0 Å². The van der Waals surface area contributed by atoms with E-state index in [1.54, 1.807) is 6.20 Å².